The Morgan fingerprint density at radius 3 is 2.95 bits per heavy atom. The quantitative estimate of drug-likeness (QED) is 0.902. The van der Waals surface area contributed by atoms with E-state index in [1.165, 1.54) is 0 Å². The van der Waals surface area contributed by atoms with Crippen LogP contribution in [0, 0.1) is 17.2 Å². The molecule has 0 amide bonds. The minimum Gasteiger partial charge on any atom is -0.381 e. The van der Waals surface area contributed by atoms with Gasteiger partial charge in [-0.05, 0) is 24.5 Å². The lowest BCUT2D eigenvalue weighted by atomic mass is 9.87. The highest BCUT2D eigenvalue weighted by molar-refractivity contribution is 5.37. The summed E-state index contributed by atoms with van der Waals surface area (Å²) < 4.78 is 5.62. The fourth-order valence-electron chi connectivity index (χ4n) is 2.74. The van der Waals surface area contributed by atoms with Gasteiger partial charge in [0.1, 0.15) is 0 Å². The Hall–Kier alpha value is -1.37. The molecule has 1 aliphatic rings. The summed E-state index contributed by atoms with van der Waals surface area (Å²) >= 11 is 0. The van der Waals surface area contributed by atoms with Crippen molar-refractivity contribution in [3.05, 3.63) is 35.4 Å². The maximum absolute atomic E-state index is 9.16. The number of nitrogens with one attached hydrogen (secondary N) is 1. The topological polar surface area (TPSA) is 45.0 Å². The number of hydrogen-bond donors (Lipinski definition) is 1. The molecule has 0 bridgehead atoms. The minimum absolute atomic E-state index is 0.450. The number of rotatable bonds is 4. The molecule has 1 heterocycles. The predicted octanol–water partition coefficient (Wildman–Crippen LogP) is 2.50. The third-order valence-corrected chi connectivity index (χ3v) is 3.64. The van der Waals surface area contributed by atoms with Crippen molar-refractivity contribution in [1.82, 2.24) is 5.32 Å². The highest BCUT2D eigenvalue weighted by Gasteiger charge is 2.26. The minimum atomic E-state index is 0.450. The summed E-state index contributed by atoms with van der Waals surface area (Å²) in [5, 5.41) is 12.8. The molecule has 0 unspecified atom stereocenters. The highest BCUT2D eigenvalue weighted by atomic mass is 16.5. The van der Waals surface area contributed by atoms with Gasteiger partial charge in [-0.15, -0.1) is 0 Å². The molecular weight excluding hydrogens is 236 g/mol. The van der Waals surface area contributed by atoms with Crippen LogP contribution in [0.3, 0.4) is 0 Å². The lowest BCUT2D eigenvalue weighted by Crippen LogP contribution is -2.46. The summed E-state index contributed by atoms with van der Waals surface area (Å²) in [6.07, 6.45) is 1.96. The Kier molecular flexibility index (Phi) is 4.95. The summed E-state index contributed by atoms with van der Waals surface area (Å²) in [5.74, 6) is 0.450. The number of nitrogens with zero attached hydrogens (tertiary/aromatic N) is 1. The van der Waals surface area contributed by atoms with Gasteiger partial charge < -0.3 is 10.1 Å². The molecule has 102 valence electrons. The molecule has 3 heteroatoms. The first-order valence-electron chi connectivity index (χ1n) is 7.02. The predicted molar refractivity (Wildman–Crippen MR) is 75.8 cm³/mol. The van der Waals surface area contributed by atoms with E-state index < -0.39 is 0 Å². The van der Waals surface area contributed by atoms with Crippen molar-refractivity contribution in [3.8, 4) is 6.07 Å². The van der Waals surface area contributed by atoms with E-state index >= 15 is 0 Å². The van der Waals surface area contributed by atoms with Gasteiger partial charge in [0.05, 0.1) is 18.2 Å². The molecule has 0 aromatic heterocycles. The smallest absolute Gasteiger partial charge is 0.0994 e. The maximum Gasteiger partial charge on any atom is 0.0994 e. The molecule has 1 aromatic rings. The first-order chi connectivity index (χ1) is 9.20. The van der Waals surface area contributed by atoms with E-state index in [9.17, 15) is 0 Å². The van der Waals surface area contributed by atoms with Crippen LogP contribution in [0.25, 0.3) is 0 Å². The third-order valence-electron chi connectivity index (χ3n) is 3.64. The standard InChI is InChI=1S/C16H22N2O/c1-12(2)18-16-7-8-19-11-15(16)9-13-5-3-4-6-14(13)10-17/h3-6,12,15-16,18H,7-9,11H2,1-2H3/t15-,16+/m0/s1. The van der Waals surface area contributed by atoms with Crippen molar-refractivity contribution >= 4 is 0 Å². The molecular formula is C16H22N2O. The van der Waals surface area contributed by atoms with Crippen LogP contribution in [0.4, 0.5) is 0 Å². The maximum atomic E-state index is 9.16. The van der Waals surface area contributed by atoms with E-state index in [1.54, 1.807) is 0 Å². The highest BCUT2D eigenvalue weighted by Crippen LogP contribution is 2.22. The first kappa shape index (κ1) is 14.0. The molecule has 1 saturated heterocycles. The van der Waals surface area contributed by atoms with Crippen LogP contribution in [-0.2, 0) is 11.2 Å². The fourth-order valence-corrected chi connectivity index (χ4v) is 2.74. The van der Waals surface area contributed by atoms with Gasteiger partial charge in [0.2, 0.25) is 0 Å². The van der Waals surface area contributed by atoms with Gasteiger partial charge in [-0.25, -0.2) is 0 Å². The van der Waals surface area contributed by atoms with Crippen LogP contribution in [0.5, 0.6) is 0 Å². The SMILES string of the molecule is CC(C)N[C@@H]1CCOC[C@@H]1Cc1ccccc1C#N. The zero-order chi connectivity index (χ0) is 13.7. The Morgan fingerprint density at radius 2 is 2.21 bits per heavy atom. The Labute approximate surface area is 115 Å². The molecule has 1 N–H and O–H groups in total. The van der Waals surface area contributed by atoms with E-state index in [2.05, 4.69) is 31.3 Å². The molecule has 0 spiro atoms. The lowest BCUT2D eigenvalue weighted by Gasteiger charge is -2.34. The van der Waals surface area contributed by atoms with Crippen LogP contribution < -0.4 is 5.32 Å². The molecule has 3 nitrogen and oxygen atoms in total. The van der Waals surface area contributed by atoms with Crippen molar-refractivity contribution < 1.29 is 4.74 Å². The van der Waals surface area contributed by atoms with E-state index in [4.69, 9.17) is 10.00 Å². The molecule has 1 fully saturated rings. The zero-order valence-corrected chi connectivity index (χ0v) is 11.7. The average molecular weight is 258 g/mol. The van der Waals surface area contributed by atoms with Gasteiger partial charge in [-0.1, -0.05) is 32.0 Å². The van der Waals surface area contributed by atoms with Gasteiger partial charge in [0.25, 0.3) is 0 Å². The first-order valence-corrected chi connectivity index (χ1v) is 7.02. The van der Waals surface area contributed by atoms with Gasteiger partial charge in [0, 0.05) is 24.6 Å². The lowest BCUT2D eigenvalue weighted by molar-refractivity contribution is 0.0300. The zero-order valence-electron chi connectivity index (χ0n) is 11.7. The largest absolute Gasteiger partial charge is 0.381 e. The van der Waals surface area contributed by atoms with E-state index in [0.717, 1.165) is 37.2 Å². The number of benzene rings is 1. The fraction of sp³-hybridized carbons (Fsp3) is 0.562. The molecule has 0 aliphatic carbocycles. The Morgan fingerprint density at radius 1 is 1.42 bits per heavy atom. The van der Waals surface area contributed by atoms with Crippen LogP contribution in [0.15, 0.2) is 24.3 Å². The summed E-state index contributed by atoms with van der Waals surface area (Å²) in [6.45, 7) is 5.97. The molecule has 2 rings (SSSR count). The summed E-state index contributed by atoms with van der Waals surface area (Å²) in [7, 11) is 0. The summed E-state index contributed by atoms with van der Waals surface area (Å²) in [6, 6.07) is 11.1. The monoisotopic (exact) mass is 258 g/mol. The van der Waals surface area contributed by atoms with E-state index in [0.29, 0.717) is 18.0 Å². The second-order valence-corrected chi connectivity index (χ2v) is 5.52. The van der Waals surface area contributed by atoms with Crippen molar-refractivity contribution in [1.29, 1.82) is 5.26 Å². The van der Waals surface area contributed by atoms with Gasteiger partial charge in [0.15, 0.2) is 0 Å². The van der Waals surface area contributed by atoms with Gasteiger partial charge in [-0.2, -0.15) is 5.26 Å². The van der Waals surface area contributed by atoms with Crippen LogP contribution in [0.1, 0.15) is 31.4 Å². The van der Waals surface area contributed by atoms with Crippen LogP contribution >= 0.6 is 0 Å². The second-order valence-electron chi connectivity index (χ2n) is 5.52. The molecule has 1 aromatic carbocycles. The van der Waals surface area contributed by atoms with Crippen molar-refractivity contribution in [3.63, 3.8) is 0 Å². The van der Waals surface area contributed by atoms with Crippen LogP contribution in [-0.4, -0.2) is 25.3 Å². The molecule has 2 atom stereocenters. The molecule has 1 aliphatic heterocycles. The molecule has 19 heavy (non-hydrogen) atoms. The average Bonchev–Trinajstić information content (AvgIpc) is 2.41. The summed E-state index contributed by atoms with van der Waals surface area (Å²) in [4.78, 5) is 0. The Balaban J connectivity index is 2.09. The Bertz CT molecular complexity index is 450. The third kappa shape index (κ3) is 3.79. The number of hydrogen-bond acceptors (Lipinski definition) is 3. The van der Waals surface area contributed by atoms with Gasteiger partial charge >= 0.3 is 0 Å². The van der Waals surface area contributed by atoms with Crippen molar-refractivity contribution in [2.45, 2.75) is 38.8 Å². The molecule has 0 saturated carbocycles. The van der Waals surface area contributed by atoms with E-state index in [-0.39, 0.29) is 0 Å². The van der Waals surface area contributed by atoms with Crippen LogP contribution in [0.2, 0.25) is 0 Å². The molecule has 0 radical (unpaired) electrons. The normalized spacial score (nSPS) is 23.3. The van der Waals surface area contributed by atoms with Crippen molar-refractivity contribution in [2.75, 3.05) is 13.2 Å². The van der Waals surface area contributed by atoms with E-state index in [1.807, 2.05) is 18.2 Å². The number of nitriles is 1. The summed E-state index contributed by atoms with van der Waals surface area (Å²) in [5.41, 5.74) is 1.92. The van der Waals surface area contributed by atoms with Crippen molar-refractivity contribution in [2.24, 2.45) is 5.92 Å². The number of ether oxygens (including phenoxy) is 1. The van der Waals surface area contributed by atoms with Gasteiger partial charge in [-0.3, -0.25) is 0 Å². The second kappa shape index (κ2) is 6.70.